The molecule has 0 aromatic heterocycles. The summed E-state index contributed by atoms with van der Waals surface area (Å²) in [6.45, 7) is 0. The smallest absolute Gasteiger partial charge is 0.269 e. The van der Waals surface area contributed by atoms with E-state index < -0.39 is 11.0 Å². The number of halogens is 1. The molecule has 6 nitrogen and oxygen atoms in total. The van der Waals surface area contributed by atoms with E-state index >= 15 is 0 Å². The highest BCUT2D eigenvalue weighted by molar-refractivity contribution is 5.96. The quantitative estimate of drug-likeness (QED) is 0.324. The first-order valence-corrected chi connectivity index (χ1v) is 8.90. The summed E-state index contributed by atoms with van der Waals surface area (Å²) in [5.74, 6) is 0.122. The third-order valence-corrected chi connectivity index (χ3v) is 4.47. The molecule has 29 heavy (non-hydrogen) atoms. The first kappa shape index (κ1) is 20.0. The lowest BCUT2D eigenvalue weighted by Crippen LogP contribution is -2.16. The molecule has 1 atom stereocenters. The van der Waals surface area contributed by atoms with Gasteiger partial charge in [0.2, 0.25) is 0 Å². The van der Waals surface area contributed by atoms with Gasteiger partial charge in [0.25, 0.3) is 5.69 Å². The summed E-state index contributed by atoms with van der Waals surface area (Å²) < 4.78 is 18.3. The van der Waals surface area contributed by atoms with E-state index in [0.717, 1.165) is 0 Å². The summed E-state index contributed by atoms with van der Waals surface area (Å²) in [7, 11) is 1.54. The minimum absolute atomic E-state index is 0.0604. The molecule has 148 valence electrons. The SMILES string of the molecule is COc1ccc(C(=O)CC(Nc2ccc(F)cc2)c2cccc([N+](=O)[O-])c2)cc1. The van der Waals surface area contributed by atoms with Crippen LogP contribution in [-0.4, -0.2) is 17.8 Å². The Kier molecular flexibility index (Phi) is 6.19. The van der Waals surface area contributed by atoms with Gasteiger partial charge in [0.1, 0.15) is 11.6 Å². The van der Waals surface area contributed by atoms with Crippen LogP contribution in [0.5, 0.6) is 5.75 Å². The Hall–Kier alpha value is -3.74. The zero-order chi connectivity index (χ0) is 20.8. The molecule has 3 aromatic carbocycles. The van der Waals surface area contributed by atoms with Crippen molar-refractivity contribution in [3.8, 4) is 5.75 Å². The maximum Gasteiger partial charge on any atom is 0.269 e. The van der Waals surface area contributed by atoms with Crippen molar-refractivity contribution in [3.63, 3.8) is 0 Å². The maximum atomic E-state index is 13.2. The van der Waals surface area contributed by atoms with Gasteiger partial charge >= 0.3 is 0 Å². The fourth-order valence-electron chi connectivity index (χ4n) is 2.93. The number of nitro benzene ring substituents is 1. The molecule has 0 amide bonds. The van der Waals surface area contributed by atoms with Gasteiger partial charge in [-0.1, -0.05) is 12.1 Å². The Morgan fingerprint density at radius 2 is 1.79 bits per heavy atom. The van der Waals surface area contributed by atoms with E-state index in [1.165, 1.54) is 24.3 Å². The van der Waals surface area contributed by atoms with Crippen LogP contribution in [0.1, 0.15) is 28.4 Å². The summed E-state index contributed by atoms with van der Waals surface area (Å²) in [5, 5.41) is 14.3. The molecule has 0 heterocycles. The average molecular weight is 394 g/mol. The Labute approximate surface area is 167 Å². The fraction of sp³-hybridized carbons (Fsp3) is 0.136. The predicted molar refractivity (Wildman–Crippen MR) is 108 cm³/mol. The van der Waals surface area contributed by atoms with Gasteiger partial charge in [-0.2, -0.15) is 0 Å². The lowest BCUT2D eigenvalue weighted by molar-refractivity contribution is -0.384. The molecule has 0 aliphatic carbocycles. The number of rotatable bonds is 8. The van der Waals surface area contributed by atoms with Crippen LogP contribution < -0.4 is 10.1 Å². The van der Waals surface area contributed by atoms with Crippen LogP contribution in [0.3, 0.4) is 0 Å². The van der Waals surface area contributed by atoms with Gasteiger partial charge in [0, 0.05) is 29.8 Å². The Bertz CT molecular complexity index is 1000. The second-order valence-electron chi connectivity index (χ2n) is 6.41. The third kappa shape index (κ3) is 5.16. The van der Waals surface area contributed by atoms with E-state index in [-0.39, 0.29) is 23.7 Å². The van der Waals surface area contributed by atoms with Crippen molar-refractivity contribution in [2.75, 3.05) is 12.4 Å². The predicted octanol–water partition coefficient (Wildman–Crippen LogP) is 5.17. The van der Waals surface area contributed by atoms with Crippen LogP contribution in [0.2, 0.25) is 0 Å². The van der Waals surface area contributed by atoms with Crippen molar-refractivity contribution < 1.29 is 18.8 Å². The number of Topliss-reactive ketones (excluding diaryl/α,β-unsaturated/α-hetero) is 1. The molecule has 3 rings (SSSR count). The van der Waals surface area contributed by atoms with E-state index in [1.54, 1.807) is 55.6 Å². The molecule has 0 spiro atoms. The van der Waals surface area contributed by atoms with E-state index in [2.05, 4.69) is 5.32 Å². The minimum atomic E-state index is -0.532. The monoisotopic (exact) mass is 394 g/mol. The molecule has 0 saturated carbocycles. The van der Waals surface area contributed by atoms with Gasteiger partial charge in [-0.25, -0.2) is 4.39 Å². The average Bonchev–Trinajstić information content (AvgIpc) is 2.75. The molecule has 1 unspecified atom stereocenters. The number of benzene rings is 3. The largest absolute Gasteiger partial charge is 0.497 e. The van der Waals surface area contributed by atoms with Gasteiger partial charge in [0.05, 0.1) is 18.1 Å². The number of nitrogens with zero attached hydrogens (tertiary/aromatic N) is 1. The van der Waals surface area contributed by atoms with Crippen molar-refractivity contribution in [1.82, 2.24) is 0 Å². The number of carbonyl (C=O) groups excluding carboxylic acids is 1. The van der Waals surface area contributed by atoms with Crippen molar-refractivity contribution >= 4 is 17.2 Å². The van der Waals surface area contributed by atoms with Crippen LogP contribution in [0.25, 0.3) is 0 Å². The lowest BCUT2D eigenvalue weighted by Gasteiger charge is -2.20. The van der Waals surface area contributed by atoms with E-state index in [9.17, 15) is 19.3 Å². The number of hydrogen-bond donors (Lipinski definition) is 1. The number of non-ortho nitro benzene ring substituents is 1. The summed E-state index contributed by atoms with van der Waals surface area (Å²) in [4.78, 5) is 23.5. The van der Waals surface area contributed by atoms with Crippen LogP contribution in [0.15, 0.2) is 72.8 Å². The van der Waals surface area contributed by atoms with Crippen molar-refractivity contribution in [2.45, 2.75) is 12.5 Å². The minimum Gasteiger partial charge on any atom is -0.497 e. The first-order chi connectivity index (χ1) is 14.0. The molecule has 0 bridgehead atoms. The first-order valence-electron chi connectivity index (χ1n) is 8.90. The summed E-state index contributed by atoms with van der Waals surface area (Å²) in [6.07, 6.45) is 0.0604. The number of carbonyl (C=O) groups is 1. The topological polar surface area (TPSA) is 81.5 Å². The zero-order valence-electron chi connectivity index (χ0n) is 15.7. The summed E-state index contributed by atoms with van der Waals surface area (Å²) >= 11 is 0. The number of ketones is 1. The molecule has 3 aromatic rings. The van der Waals surface area contributed by atoms with E-state index in [4.69, 9.17) is 4.74 Å². The molecule has 7 heteroatoms. The molecule has 1 N–H and O–H groups in total. The van der Waals surface area contributed by atoms with Crippen LogP contribution in [0.4, 0.5) is 15.8 Å². The van der Waals surface area contributed by atoms with Crippen LogP contribution in [0, 0.1) is 15.9 Å². The van der Waals surface area contributed by atoms with Crippen molar-refractivity contribution in [2.24, 2.45) is 0 Å². The number of methoxy groups -OCH3 is 1. The Morgan fingerprint density at radius 3 is 2.41 bits per heavy atom. The second-order valence-corrected chi connectivity index (χ2v) is 6.41. The van der Waals surface area contributed by atoms with Crippen LogP contribution in [-0.2, 0) is 0 Å². The normalized spacial score (nSPS) is 11.5. The zero-order valence-corrected chi connectivity index (χ0v) is 15.7. The molecule has 0 radical (unpaired) electrons. The molecule has 0 saturated heterocycles. The summed E-state index contributed by atoms with van der Waals surface area (Å²) in [5.41, 5.74) is 1.63. The Balaban J connectivity index is 1.88. The third-order valence-electron chi connectivity index (χ3n) is 4.47. The van der Waals surface area contributed by atoms with Gasteiger partial charge in [-0.15, -0.1) is 0 Å². The molecule has 0 aliphatic rings. The molecular formula is C22H19FN2O4. The van der Waals surface area contributed by atoms with Gasteiger partial charge in [0.15, 0.2) is 5.78 Å². The van der Waals surface area contributed by atoms with Crippen molar-refractivity contribution in [1.29, 1.82) is 0 Å². The number of nitro groups is 1. The number of anilines is 1. The highest BCUT2D eigenvalue weighted by Crippen LogP contribution is 2.27. The fourth-order valence-corrected chi connectivity index (χ4v) is 2.93. The van der Waals surface area contributed by atoms with Gasteiger partial charge < -0.3 is 10.1 Å². The standard InChI is InChI=1S/C22H19FN2O4/c1-29-20-11-5-15(6-12-20)22(26)14-21(24-18-9-7-17(23)8-10-18)16-3-2-4-19(13-16)25(27)28/h2-13,21,24H,14H2,1H3. The molecule has 0 aliphatic heterocycles. The lowest BCUT2D eigenvalue weighted by atomic mass is 9.97. The highest BCUT2D eigenvalue weighted by Gasteiger charge is 2.20. The number of nitrogens with one attached hydrogen (secondary N) is 1. The molecule has 0 fully saturated rings. The van der Waals surface area contributed by atoms with Crippen molar-refractivity contribution in [3.05, 3.63) is 99.9 Å². The number of ether oxygens (including phenoxy) is 1. The molecular weight excluding hydrogens is 375 g/mol. The van der Waals surface area contributed by atoms with E-state index in [1.807, 2.05) is 0 Å². The maximum absolute atomic E-state index is 13.2. The van der Waals surface area contributed by atoms with E-state index in [0.29, 0.717) is 22.6 Å². The van der Waals surface area contributed by atoms with Crippen LogP contribution >= 0.6 is 0 Å². The number of hydrogen-bond acceptors (Lipinski definition) is 5. The summed E-state index contributed by atoms with van der Waals surface area (Å²) in [6, 6.07) is 18.0. The highest BCUT2D eigenvalue weighted by atomic mass is 19.1. The van der Waals surface area contributed by atoms with Gasteiger partial charge in [-0.3, -0.25) is 14.9 Å². The Morgan fingerprint density at radius 1 is 1.10 bits per heavy atom. The second kappa shape index (κ2) is 8.97. The van der Waals surface area contributed by atoms with Gasteiger partial charge in [-0.05, 0) is 54.1 Å².